The van der Waals surface area contributed by atoms with Gasteiger partial charge in [0.05, 0.1) is 11.6 Å². The Morgan fingerprint density at radius 2 is 1.89 bits per heavy atom. The molecule has 0 aliphatic rings. The van der Waals surface area contributed by atoms with Crippen molar-refractivity contribution in [2.45, 2.75) is 6.42 Å². The van der Waals surface area contributed by atoms with Gasteiger partial charge >= 0.3 is 0 Å². The molecule has 88 valence electrons. The lowest BCUT2D eigenvalue weighted by Crippen LogP contribution is -2.03. The van der Waals surface area contributed by atoms with Gasteiger partial charge in [0.2, 0.25) is 0 Å². The molecule has 0 saturated heterocycles. The average molecular weight is 256 g/mol. The Balaban J connectivity index is 2.16. The van der Waals surface area contributed by atoms with Crippen molar-refractivity contribution in [2.24, 2.45) is 0 Å². The van der Waals surface area contributed by atoms with Crippen LogP contribution >= 0.6 is 11.6 Å². The minimum atomic E-state index is 0.0155. The quantitative estimate of drug-likeness (QED) is 0.786. The molecule has 0 aliphatic heterocycles. The van der Waals surface area contributed by atoms with Crippen LogP contribution in [0.15, 0.2) is 48.5 Å². The number of hydrogen-bond donors (Lipinski definition) is 0. The van der Waals surface area contributed by atoms with Crippen molar-refractivity contribution in [3.05, 3.63) is 70.2 Å². The minimum absolute atomic E-state index is 0.0155. The van der Waals surface area contributed by atoms with E-state index in [9.17, 15) is 4.79 Å². The molecule has 2 rings (SSSR count). The van der Waals surface area contributed by atoms with Gasteiger partial charge in [-0.05, 0) is 42.0 Å². The standard InChI is InChI=1S/C15H10ClNO/c16-14-6-4-13(5-7-14)15(18)9-11-2-1-3-12(8-11)10-17/h1-8H,9H2. The molecule has 0 amide bonds. The molecule has 0 N–H and O–H groups in total. The normalized spacial score (nSPS) is 9.78. The summed E-state index contributed by atoms with van der Waals surface area (Å²) in [5.41, 5.74) is 2.03. The van der Waals surface area contributed by atoms with E-state index >= 15 is 0 Å². The summed E-state index contributed by atoms with van der Waals surface area (Å²) in [4.78, 5) is 12.0. The number of nitrogens with zero attached hydrogens (tertiary/aromatic N) is 1. The van der Waals surface area contributed by atoms with E-state index in [2.05, 4.69) is 6.07 Å². The highest BCUT2D eigenvalue weighted by atomic mass is 35.5. The van der Waals surface area contributed by atoms with E-state index < -0.39 is 0 Å². The molecule has 0 spiro atoms. The van der Waals surface area contributed by atoms with E-state index in [1.165, 1.54) is 0 Å². The number of Topliss-reactive ketones (excluding diaryl/α,β-unsaturated/α-hetero) is 1. The van der Waals surface area contributed by atoms with Crippen molar-refractivity contribution in [1.82, 2.24) is 0 Å². The maximum Gasteiger partial charge on any atom is 0.167 e. The van der Waals surface area contributed by atoms with Gasteiger partial charge in [0.15, 0.2) is 5.78 Å². The van der Waals surface area contributed by atoms with Gasteiger partial charge in [-0.25, -0.2) is 0 Å². The van der Waals surface area contributed by atoms with Gasteiger partial charge in [-0.15, -0.1) is 0 Å². The third-order valence-corrected chi connectivity index (χ3v) is 2.84. The molecular formula is C15H10ClNO. The van der Waals surface area contributed by atoms with E-state index in [-0.39, 0.29) is 12.2 Å². The number of ketones is 1. The van der Waals surface area contributed by atoms with Gasteiger partial charge in [-0.3, -0.25) is 4.79 Å². The fourth-order valence-corrected chi connectivity index (χ4v) is 1.80. The highest BCUT2D eigenvalue weighted by Crippen LogP contribution is 2.13. The van der Waals surface area contributed by atoms with Gasteiger partial charge in [0.1, 0.15) is 0 Å². The van der Waals surface area contributed by atoms with Crippen LogP contribution < -0.4 is 0 Å². The first-order chi connectivity index (χ1) is 8.69. The smallest absolute Gasteiger partial charge is 0.167 e. The van der Waals surface area contributed by atoms with Crippen LogP contribution in [0.3, 0.4) is 0 Å². The van der Waals surface area contributed by atoms with Crippen molar-refractivity contribution < 1.29 is 4.79 Å². The first-order valence-electron chi connectivity index (χ1n) is 5.47. The molecule has 0 radical (unpaired) electrons. The summed E-state index contributed by atoms with van der Waals surface area (Å²) in [6.45, 7) is 0. The van der Waals surface area contributed by atoms with Crippen molar-refractivity contribution in [2.75, 3.05) is 0 Å². The van der Waals surface area contributed by atoms with Crippen LogP contribution in [0, 0.1) is 11.3 Å². The van der Waals surface area contributed by atoms with Gasteiger partial charge in [0.25, 0.3) is 0 Å². The molecule has 3 heteroatoms. The summed E-state index contributed by atoms with van der Waals surface area (Å²) in [5.74, 6) is 0.0155. The second-order valence-electron chi connectivity index (χ2n) is 3.92. The maximum absolute atomic E-state index is 12.0. The highest BCUT2D eigenvalue weighted by Gasteiger charge is 2.07. The second kappa shape index (κ2) is 5.48. The maximum atomic E-state index is 12.0. The number of nitriles is 1. The second-order valence-corrected chi connectivity index (χ2v) is 4.36. The number of halogens is 1. The molecule has 0 unspecified atom stereocenters. The molecule has 0 aromatic heterocycles. The summed E-state index contributed by atoms with van der Waals surface area (Å²) >= 11 is 5.77. The first kappa shape index (κ1) is 12.3. The van der Waals surface area contributed by atoms with Crippen molar-refractivity contribution in [1.29, 1.82) is 5.26 Å². The molecule has 2 aromatic rings. The number of rotatable bonds is 3. The number of benzene rings is 2. The molecule has 0 fully saturated rings. The third kappa shape index (κ3) is 2.97. The van der Waals surface area contributed by atoms with Crippen LogP contribution in [0.4, 0.5) is 0 Å². The van der Waals surface area contributed by atoms with Gasteiger partial charge in [-0.1, -0.05) is 23.7 Å². The third-order valence-electron chi connectivity index (χ3n) is 2.59. The zero-order valence-corrected chi connectivity index (χ0v) is 10.3. The minimum Gasteiger partial charge on any atom is -0.294 e. The number of hydrogen-bond acceptors (Lipinski definition) is 2. The van der Waals surface area contributed by atoms with Crippen LogP contribution in [-0.2, 0) is 6.42 Å². The SMILES string of the molecule is N#Cc1cccc(CC(=O)c2ccc(Cl)cc2)c1. The molecule has 2 aromatic carbocycles. The zero-order chi connectivity index (χ0) is 13.0. The zero-order valence-electron chi connectivity index (χ0n) is 9.56. The summed E-state index contributed by atoms with van der Waals surface area (Å²) in [6, 6.07) is 15.9. The van der Waals surface area contributed by atoms with Gasteiger partial charge in [-0.2, -0.15) is 5.26 Å². The Bertz CT molecular complexity index is 611. The summed E-state index contributed by atoms with van der Waals surface area (Å²) in [5, 5.41) is 9.40. The molecular weight excluding hydrogens is 246 g/mol. The topological polar surface area (TPSA) is 40.9 Å². The Morgan fingerprint density at radius 1 is 1.17 bits per heavy atom. The number of carbonyl (C=O) groups excluding carboxylic acids is 1. The monoisotopic (exact) mass is 255 g/mol. The van der Waals surface area contributed by atoms with Gasteiger partial charge < -0.3 is 0 Å². The highest BCUT2D eigenvalue weighted by molar-refractivity contribution is 6.30. The summed E-state index contributed by atoms with van der Waals surface area (Å²) in [6.07, 6.45) is 0.289. The fraction of sp³-hybridized carbons (Fsp3) is 0.0667. The molecule has 0 atom stereocenters. The van der Waals surface area contributed by atoms with E-state index in [1.807, 2.05) is 6.07 Å². The van der Waals surface area contributed by atoms with E-state index in [0.29, 0.717) is 16.1 Å². The van der Waals surface area contributed by atoms with Crippen LogP contribution in [0.2, 0.25) is 5.02 Å². The van der Waals surface area contributed by atoms with Crippen molar-refractivity contribution >= 4 is 17.4 Å². The van der Waals surface area contributed by atoms with E-state index in [0.717, 1.165) is 5.56 Å². The Hall–Kier alpha value is -2.11. The van der Waals surface area contributed by atoms with Crippen molar-refractivity contribution in [3.63, 3.8) is 0 Å². The molecule has 2 nitrogen and oxygen atoms in total. The van der Waals surface area contributed by atoms with Gasteiger partial charge in [0, 0.05) is 17.0 Å². The van der Waals surface area contributed by atoms with Crippen LogP contribution in [0.5, 0.6) is 0 Å². The Morgan fingerprint density at radius 3 is 2.56 bits per heavy atom. The lowest BCUT2D eigenvalue weighted by Gasteiger charge is -2.02. The van der Waals surface area contributed by atoms with Crippen LogP contribution in [-0.4, -0.2) is 5.78 Å². The van der Waals surface area contributed by atoms with E-state index in [1.54, 1.807) is 42.5 Å². The fourth-order valence-electron chi connectivity index (χ4n) is 1.67. The number of carbonyl (C=O) groups is 1. The summed E-state index contributed by atoms with van der Waals surface area (Å²) in [7, 11) is 0. The Kier molecular flexibility index (Phi) is 3.76. The largest absolute Gasteiger partial charge is 0.294 e. The average Bonchev–Trinajstić information content (AvgIpc) is 2.39. The molecule has 0 heterocycles. The lowest BCUT2D eigenvalue weighted by molar-refractivity contribution is 0.0993. The predicted molar refractivity (Wildman–Crippen MR) is 70.6 cm³/mol. The van der Waals surface area contributed by atoms with E-state index in [4.69, 9.17) is 16.9 Å². The lowest BCUT2D eigenvalue weighted by atomic mass is 10.0. The summed E-state index contributed by atoms with van der Waals surface area (Å²) < 4.78 is 0. The first-order valence-corrected chi connectivity index (χ1v) is 5.84. The Labute approximate surface area is 110 Å². The molecule has 0 aliphatic carbocycles. The van der Waals surface area contributed by atoms with Crippen molar-refractivity contribution in [3.8, 4) is 6.07 Å². The molecule has 18 heavy (non-hydrogen) atoms. The van der Waals surface area contributed by atoms with Crippen LogP contribution in [0.1, 0.15) is 21.5 Å². The van der Waals surface area contributed by atoms with Crippen LogP contribution in [0.25, 0.3) is 0 Å². The molecule has 0 bridgehead atoms. The predicted octanol–water partition coefficient (Wildman–Crippen LogP) is 3.64. The molecule has 0 saturated carbocycles.